The number of carbonyl (C=O) groups is 1. The average molecular weight is 376 g/mol. The zero-order valence-electron chi connectivity index (χ0n) is 14.6. The van der Waals surface area contributed by atoms with Crippen LogP contribution >= 0.6 is 11.8 Å². The summed E-state index contributed by atoms with van der Waals surface area (Å²) in [6.45, 7) is 0.531. The monoisotopic (exact) mass is 376 g/mol. The molecule has 27 heavy (non-hydrogen) atoms. The van der Waals surface area contributed by atoms with E-state index in [2.05, 4.69) is 16.2 Å². The van der Waals surface area contributed by atoms with Crippen molar-refractivity contribution in [3.63, 3.8) is 0 Å². The minimum Gasteiger partial charge on any atom is -0.334 e. The van der Waals surface area contributed by atoms with Gasteiger partial charge in [-0.3, -0.25) is 4.79 Å². The maximum atomic E-state index is 12.5. The van der Waals surface area contributed by atoms with Crippen LogP contribution in [0.25, 0.3) is 11.5 Å². The number of benzene rings is 2. The third-order valence-electron chi connectivity index (χ3n) is 4.56. The summed E-state index contributed by atoms with van der Waals surface area (Å²) in [5.41, 5.74) is 2.22. The van der Waals surface area contributed by atoms with Gasteiger partial charge >= 0.3 is 0 Å². The summed E-state index contributed by atoms with van der Waals surface area (Å²) in [5.74, 6) is 0.880. The second kappa shape index (κ2) is 7.25. The van der Waals surface area contributed by atoms with Crippen LogP contribution in [0.5, 0.6) is 0 Å². The third kappa shape index (κ3) is 3.44. The summed E-state index contributed by atoms with van der Waals surface area (Å²) in [4.78, 5) is 19.9. The molecule has 6 nitrogen and oxygen atoms in total. The van der Waals surface area contributed by atoms with Crippen LogP contribution in [0.15, 0.2) is 57.9 Å². The first-order valence-corrected chi connectivity index (χ1v) is 9.69. The summed E-state index contributed by atoms with van der Waals surface area (Å²) in [7, 11) is 0. The van der Waals surface area contributed by atoms with E-state index in [4.69, 9.17) is 9.78 Å². The molecule has 2 heterocycles. The zero-order valence-corrected chi connectivity index (χ0v) is 15.4. The van der Waals surface area contributed by atoms with Crippen LogP contribution in [0.2, 0.25) is 0 Å². The van der Waals surface area contributed by atoms with E-state index in [-0.39, 0.29) is 11.8 Å². The highest BCUT2D eigenvalue weighted by atomic mass is 32.2. The Morgan fingerprint density at radius 1 is 1.26 bits per heavy atom. The Morgan fingerprint density at radius 2 is 2.07 bits per heavy atom. The quantitative estimate of drug-likeness (QED) is 0.643. The molecule has 1 aliphatic heterocycles. The largest absolute Gasteiger partial charge is 0.334 e. The van der Waals surface area contributed by atoms with Crippen molar-refractivity contribution < 1.29 is 9.32 Å². The SMILES string of the molecule is CSc1cccc(N2CC(c3noc(-c4ccc(C#N)cc4)n3)CC2=O)c1. The Morgan fingerprint density at radius 3 is 2.81 bits per heavy atom. The number of rotatable bonds is 4. The molecule has 1 atom stereocenters. The second-order valence-electron chi connectivity index (χ2n) is 6.25. The van der Waals surface area contributed by atoms with Crippen molar-refractivity contribution in [1.29, 1.82) is 5.26 Å². The van der Waals surface area contributed by atoms with Crippen LogP contribution in [0.4, 0.5) is 5.69 Å². The van der Waals surface area contributed by atoms with Crippen molar-refractivity contribution in [2.45, 2.75) is 17.2 Å². The van der Waals surface area contributed by atoms with Gasteiger partial charge in [0.05, 0.1) is 11.6 Å². The van der Waals surface area contributed by atoms with E-state index in [1.807, 2.05) is 30.5 Å². The Labute approximate surface area is 160 Å². The van der Waals surface area contributed by atoms with Crippen molar-refractivity contribution in [3.05, 3.63) is 59.9 Å². The Bertz CT molecular complexity index is 1020. The fourth-order valence-electron chi connectivity index (χ4n) is 3.11. The molecule has 1 unspecified atom stereocenters. The smallest absolute Gasteiger partial charge is 0.257 e. The van der Waals surface area contributed by atoms with Gasteiger partial charge in [0.1, 0.15) is 0 Å². The number of thioether (sulfide) groups is 1. The minimum absolute atomic E-state index is 0.0583. The van der Waals surface area contributed by atoms with Crippen LogP contribution < -0.4 is 4.90 Å². The molecule has 1 saturated heterocycles. The van der Waals surface area contributed by atoms with Crippen molar-refractivity contribution >= 4 is 23.4 Å². The highest BCUT2D eigenvalue weighted by Gasteiger charge is 2.34. The first-order valence-electron chi connectivity index (χ1n) is 8.46. The van der Waals surface area contributed by atoms with Gasteiger partial charge in [-0.1, -0.05) is 11.2 Å². The van der Waals surface area contributed by atoms with E-state index in [1.165, 1.54) is 0 Å². The highest BCUT2D eigenvalue weighted by molar-refractivity contribution is 7.98. The summed E-state index contributed by atoms with van der Waals surface area (Å²) in [6.07, 6.45) is 2.37. The molecule has 1 amide bonds. The molecule has 0 saturated carbocycles. The number of carbonyl (C=O) groups excluding carboxylic acids is 1. The van der Waals surface area contributed by atoms with Gasteiger partial charge in [0.15, 0.2) is 5.82 Å². The van der Waals surface area contributed by atoms with Crippen molar-refractivity contribution in [1.82, 2.24) is 10.1 Å². The lowest BCUT2D eigenvalue weighted by molar-refractivity contribution is -0.117. The van der Waals surface area contributed by atoms with E-state index in [1.54, 1.807) is 40.9 Å². The predicted octanol–water partition coefficient (Wildman–Crippen LogP) is 3.85. The lowest BCUT2D eigenvalue weighted by Gasteiger charge is -2.16. The topological polar surface area (TPSA) is 83.0 Å². The molecule has 3 aromatic rings. The summed E-state index contributed by atoms with van der Waals surface area (Å²) in [6, 6.07) is 17.0. The zero-order chi connectivity index (χ0) is 18.8. The fraction of sp³-hybridized carbons (Fsp3) is 0.200. The molecule has 0 bridgehead atoms. The number of hydrogen-bond acceptors (Lipinski definition) is 6. The van der Waals surface area contributed by atoms with E-state index in [0.717, 1.165) is 16.1 Å². The van der Waals surface area contributed by atoms with Crippen molar-refractivity contribution in [2.75, 3.05) is 17.7 Å². The fourth-order valence-corrected chi connectivity index (χ4v) is 3.57. The number of aromatic nitrogens is 2. The van der Waals surface area contributed by atoms with Gasteiger partial charge in [0.2, 0.25) is 5.91 Å². The van der Waals surface area contributed by atoms with Gasteiger partial charge in [-0.05, 0) is 48.7 Å². The van der Waals surface area contributed by atoms with Crippen molar-refractivity contribution in [2.24, 2.45) is 0 Å². The molecule has 0 radical (unpaired) electrons. The van der Waals surface area contributed by atoms with E-state index < -0.39 is 0 Å². The molecular weight excluding hydrogens is 360 g/mol. The molecule has 4 rings (SSSR count). The molecule has 0 spiro atoms. The molecular formula is C20H16N4O2S. The highest BCUT2D eigenvalue weighted by Crippen LogP contribution is 2.32. The normalized spacial score (nSPS) is 16.5. The van der Waals surface area contributed by atoms with Crippen LogP contribution in [-0.2, 0) is 4.79 Å². The maximum Gasteiger partial charge on any atom is 0.257 e. The van der Waals surface area contributed by atoms with Crippen LogP contribution in [0, 0.1) is 11.3 Å². The Hall–Kier alpha value is -3.11. The predicted molar refractivity (Wildman–Crippen MR) is 102 cm³/mol. The van der Waals surface area contributed by atoms with Crippen LogP contribution in [0.1, 0.15) is 23.7 Å². The molecule has 0 aliphatic carbocycles. The second-order valence-corrected chi connectivity index (χ2v) is 7.13. The third-order valence-corrected chi connectivity index (χ3v) is 5.28. The number of hydrogen-bond donors (Lipinski definition) is 0. The van der Waals surface area contributed by atoms with Gasteiger partial charge in [-0.2, -0.15) is 10.2 Å². The van der Waals surface area contributed by atoms with Crippen LogP contribution in [0.3, 0.4) is 0 Å². The number of amides is 1. The van der Waals surface area contributed by atoms with Crippen molar-refractivity contribution in [3.8, 4) is 17.5 Å². The number of anilines is 1. The molecule has 1 aromatic heterocycles. The van der Waals surface area contributed by atoms with Gasteiger partial charge in [-0.25, -0.2) is 0 Å². The Balaban J connectivity index is 1.54. The first-order chi connectivity index (χ1) is 13.2. The number of nitriles is 1. The molecule has 1 aliphatic rings. The first kappa shape index (κ1) is 17.3. The minimum atomic E-state index is -0.105. The van der Waals surface area contributed by atoms with Gasteiger partial charge in [-0.15, -0.1) is 11.8 Å². The van der Waals surface area contributed by atoms with Gasteiger partial charge in [0.25, 0.3) is 5.89 Å². The van der Waals surface area contributed by atoms with E-state index in [0.29, 0.717) is 30.2 Å². The maximum absolute atomic E-state index is 12.5. The molecule has 1 fully saturated rings. The molecule has 134 valence electrons. The van der Waals surface area contributed by atoms with Crippen LogP contribution in [-0.4, -0.2) is 28.8 Å². The summed E-state index contributed by atoms with van der Waals surface area (Å²) >= 11 is 1.65. The summed E-state index contributed by atoms with van der Waals surface area (Å²) in [5, 5.41) is 13.0. The molecule has 2 aromatic carbocycles. The molecule has 7 heteroatoms. The standard InChI is InChI=1S/C20H16N4O2S/c1-27-17-4-2-3-16(10-17)24-12-15(9-18(24)25)19-22-20(26-23-19)14-7-5-13(11-21)6-8-14/h2-8,10,15H,9,12H2,1H3. The van der Waals surface area contributed by atoms with E-state index in [9.17, 15) is 4.79 Å². The Kier molecular flexibility index (Phi) is 4.65. The lowest BCUT2D eigenvalue weighted by atomic mass is 10.1. The van der Waals surface area contributed by atoms with E-state index >= 15 is 0 Å². The molecule has 0 N–H and O–H groups in total. The van der Waals surface area contributed by atoms with Gasteiger partial charge in [0, 0.05) is 35.0 Å². The number of nitrogens with zero attached hydrogens (tertiary/aromatic N) is 4. The average Bonchev–Trinajstić information content (AvgIpc) is 3.35. The lowest BCUT2D eigenvalue weighted by Crippen LogP contribution is -2.24. The van der Waals surface area contributed by atoms with Gasteiger partial charge < -0.3 is 9.42 Å². The summed E-state index contributed by atoms with van der Waals surface area (Å²) < 4.78 is 5.37.